The van der Waals surface area contributed by atoms with Crippen molar-refractivity contribution < 1.29 is 9.53 Å². The lowest BCUT2D eigenvalue weighted by atomic mass is 10.0. The van der Waals surface area contributed by atoms with Crippen LogP contribution < -0.4 is 5.32 Å². The maximum atomic E-state index is 11.8. The van der Waals surface area contributed by atoms with Crippen molar-refractivity contribution in [2.45, 2.75) is 38.6 Å². The standard InChI is InChI=1S/C13H19NO2S/c1-10-3-4-11(17-10)5-6-12(15)14-13(2)7-8-16-9-13/h3-4H,5-9H2,1-2H3,(H,14,15). The molecule has 94 valence electrons. The van der Waals surface area contributed by atoms with Crippen LogP contribution in [0.1, 0.15) is 29.5 Å². The lowest BCUT2D eigenvalue weighted by Crippen LogP contribution is -2.46. The molecule has 1 saturated heterocycles. The number of thiophene rings is 1. The van der Waals surface area contributed by atoms with Crippen molar-refractivity contribution in [1.82, 2.24) is 5.32 Å². The summed E-state index contributed by atoms with van der Waals surface area (Å²) in [5.74, 6) is 0.129. The summed E-state index contributed by atoms with van der Waals surface area (Å²) in [4.78, 5) is 14.4. The van der Waals surface area contributed by atoms with Gasteiger partial charge >= 0.3 is 0 Å². The normalized spacial score (nSPS) is 23.9. The lowest BCUT2D eigenvalue weighted by molar-refractivity contribution is -0.122. The van der Waals surface area contributed by atoms with Gasteiger partial charge in [0.1, 0.15) is 0 Å². The van der Waals surface area contributed by atoms with Gasteiger partial charge in [0.05, 0.1) is 12.1 Å². The number of rotatable bonds is 4. The monoisotopic (exact) mass is 253 g/mol. The fourth-order valence-corrected chi connectivity index (χ4v) is 2.91. The van der Waals surface area contributed by atoms with Gasteiger partial charge in [-0.2, -0.15) is 0 Å². The maximum Gasteiger partial charge on any atom is 0.220 e. The number of carbonyl (C=O) groups is 1. The van der Waals surface area contributed by atoms with Crippen molar-refractivity contribution in [3.05, 3.63) is 21.9 Å². The van der Waals surface area contributed by atoms with E-state index in [2.05, 4.69) is 24.4 Å². The number of amides is 1. The van der Waals surface area contributed by atoms with Crippen molar-refractivity contribution in [3.63, 3.8) is 0 Å². The molecule has 1 aromatic heterocycles. The van der Waals surface area contributed by atoms with E-state index in [9.17, 15) is 4.79 Å². The van der Waals surface area contributed by atoms with Gasteiger partial charge in [-0.3, -0.25) is 4.79 Å². The molecule has 0 bridgehead atoms. The molecule has 0 aromatic carbocycles. The first-order valence-electron chi connectivity index (χ1n) is 6.01. The minimum absolute atomic E-state index is 0.129. The van der Waals surface area contributed by atoms with Crippen LogP contribution in [0, 0.1) is 6.92 Å². The van der Waals surface area contributed by atoms with E-state index in [-0.39, 0.29) is 11.4 Å². The van der Waals surface area contributed by atoms with Gasteiger partial charge in [-0.1, -0.05) is 0 Å². The van der Waals surface area contributed by atoms with Gasteiger partial charge in [-0.25, -0.2) is 0 Å². The van der Waals surface area contributed by atoms with Crippen LogP contribution in [0.15, 0.2) is 12.1 Å². The van der Waals surface area contributed by atoms with Crippen LogP contribution in [0.25, 0.3) is 0 Å². The lowest BCUT2D eigenvalue weighted by Gasteiger charge is -2.23. The molecular formula is C13H19NO2S. The third kappa shape index (κ3) is 3.54. The molecule has 1 unspecified atom stereocenters. The summed E-state index contributed by atoms with van der Waals surface area (Å²) in [6, 6.07) is 4.21. The van der Waals surface area contributed by atoms with Gasteiger partial charge in [0.25, 0.3) is 0 Å². The maximum absolute atomic E-state index is 11.8. The molecule has 17 heavy (non-hydrogen) atoms. The summed E-state index contributed by atoms with van der Waals surface area (Å²) >= 11 is 1.77. The molecule has 0 spiro atoms. The Bertz CT molecular complexity index is 394. The molecule has 1 aromatic rings. The number of carbonyl (C=O) groups excluding carboxylic acids is 1. The van der Waals surface area contributed by atoms with E-state index >= 15 is 0 Å². The highest BCUT2D eigenvalue weighted by molar-refractivity contribution is 7.11. The number of ether oxygens (including phenoxy) is 1. The molecule has 1 amide bonds. The quantitative estimate of drug-likeness (QED) is 0.894. The molecule has 3 nitrogen and oxygen atoms in total. The summed E-state index contributed by atoms with van der Waals surface area (Å²) in [5.41, 5.74) is -0.150. The van der Waals surface area contributed by atoms with Crippen LogP contribution >= 0.6 is 11.3 Å². The van der Waals surface area contributed by atoms with E-state index in [4.69, 9.17) is 4.74 Å². The van der Waals surface area contributed by atoms with Crippen molar-refractivity contribution in [1.29, 1.82) is 0 Å². The average molecular weight is 253 g/mol. The summed E-state index contributed by atoms with van der Waals surface area (Å²) in [6.07, 6.45) is 2.31. The van der Waals surface area contributed by atoms with Crippen LogP contribution in [-0.2, 0) is 16.0 Å². The second-order valence-electron chi connectivity index (χ2n) is 4.92. The third-order valence-corrected chi connectivity index (χ3v) is 4.11. The molecule has 2 rings (SSSR count). The zero-order chi connectivity index (χ0) is 12.3. The zero-order valence-corrected chi connectivity index (χ0v) is 11.2. The summed E-state index contributed by atoms with van der Waals surface area (Å²) in [5, 5.41) is 3.07. The van der Waals surface area contributed by atoms with Gasteiger partial charge in [0.15, 0.2) is 0 Å². The minimum atomic E-state index is -0.150. The molecule has 1 aliphatic rings. The van der Waals surface area contributed by atoms with E-state index < -0.39 is 0 Å². The van der Waals surface area contributed by atoms with Crippen LogP contribution in [0.3, 0.4) is 0 Å². The minimum Gasteiger partial charge on any atom is -0.379 e. The first-order valence-corrected chi connectivity index (χ1v) is 6.83. The summed E-state index contributed by atoms with van der Waals surface area (Å²) in [7, 11) is 0. The van der Waals surface area contributed by atoms with Gasteiger partial charge in [0, 0.05) is 22.8 Å². The fraction of sp³-hybridized carbons (Fsp3) is 0.615. The Morgan fingerprint density at radius 3 is 3.00 bits per heavy atom. The number of hydrogen-bond donors (Lipinski definition) is 1. The highest BCUT2D eigenvalue weighted by Crippen LogP contribution is 2.19. The molecule has 1 aliphatic heterocycles. The van der Waals surface area contributed by atoms with Crippen LogP contribution in [0.4, 0.5) is 0 Å². The van der Waals surface area contributed by atoms with Crippen molar-refractivity contribution >= 4 is 17.2 Å². The summed E-state index contributed by atoms with van der Waals surface area (Å²) < 4.78 is 5.31. The van der Waals surface area contributed by atoms with Crippen molar-refractivity contribution in [3.8, 4) is 0 Å². The Balaban J connectivity index is 1.77. The molecule has 4 heteroatoms. The van der Waals surface area contributed by atoms with Crippen LogP contribution in [0.5, 0.6) is 0 Å². The Morgan fingerprint density at radius 1 is 1.59 bits per heavy atom. The smallest absolute Gasteiger partial charge is 0.220 e. The first kappa shape index (κ1) is 12.6. The van der Waals surface area contributed by atoms with Crippen molar-refractivity contribution in [2.24, 2.45) is 0 Å². The molecule has 0 aliphatic carbocycles. The topological polar surface area (TPSA) is 38.3 Å². The average Bonchev–Trinajstić information content (AvgIpc) is 2.85. The Kier molecular flexibility index (Phi) is 3.84. The van der Waals surface area contributed by atoms with Crippen molar-refractivity contribution in [2.75, 3.05) is 13.2 Å². The van der Waals surface area contributed by atoms with Gasteiger partial charge in [0.2, 0.25) is 5.91 Å². The Hall–Kier alpha value is -0.870. The number of nitrogens with one attached hydrogen (secondary N) is 1. The molecular weight excluding hydrogens is 234 g/mol. The fourth-order valence-electron chi connectivity index (χ4n) is 2.02. The van der Waals surface area contributed by atoms with E-state index in [0.29, 0.717) is 13.0 Å². The molecule has 1 atom stereocenters. The Labute approximate surface area is 106 Å². The Morgan fingerprint density at radius 2 is 2.41 bits per heavy atom. The van der Waals surface area contributed by atoms with Gasteiger partial charge < -0.3 is 10.1 Å². The SMILES string of the molecule is Cc1ccc(CCC(=O)NC2(C)CCOC2)s1. The second-order valence-corrected chi connectivity index (χ2v) is 6.30. The first-order chi connectivity index (χ1) is 8.07. The predicted molar refractivity (Wildman–Crippen MR) is 69.4 cm³/mol. The largest absolute Gasteiger partial charge is 0.379 e. The van der Waals surface area contributed by atoms with Crippen LogP contribution in [0.2, 0.25) is 0 Å². The molecule has 2 heterocycles. The van der Waals surface area contributed by atoms with Crippen LogP contribution in [-0.4, -0.2) is 24.7 Å². The predicted octanol–water partition coefficient (Wildman–Crippen LogP) is 2.28. The number of hydrogen-bond acceptors (Lipinski definition) is 3. The molecule has 1 fully saturated rings. The highest BCUT2D eigenvalue weighted by Gasteiger charge is 2.30. The highest BCUT2D eigenvalue weighted by atomic mass is 32.1. The van der Waals surface area contributed by atoms with E-state index in [1.54, 1.807) is 11.3 Å². The molecule has 0 saturated carbocycles. The van der Waals surface area contributed by atoms with Gasteiger partial charge in [-0.05, 0) is 38.8 Å². The number of aryl methyl sites for hydroxylation is 2. The van der Waals surface area contributed by atoms with Gasteiger partial charge in [-0.15, -0.1) is 11.3 Å². The third-order valence-electron chi connectivity index (χ3n) is 3.05. The summed E-state index contributed by atoms with van der Waals surface area (Å²) in [6.45, 7) is 5.52. The molecule has 1 N–H and O–H groups in total. The zero-order valence-electron chi connectivity index (χ0n) is 10.4. The molecule has 0 radical (unpaired) electrons. The van der Waals surface area contributed by atoms with E-state index in [1.807, 2.05) is 6.92 Å². The second kappa shape index (κ2) is 5.19. The van der Waals surface area contributed by atoms with E-state index in [1.165, 1.54) is 9.75 Å². The van der Waals surface area contributed by atoms with E-state index in [0.717, 1.165) is 19.4 Å².